The van der Waals surface area contributed by atoms with Crippen LogP contribution in [0.3, 0.4) is 0 Å². The zero-order valence-electron chi connectivity index (χ0n) is 9.57. The topological polar surface area (TPSA) is 53.4 Å². The number of carboxylic acid groups (broad SMARTS) is 1. The summed E-state index contributed by atoms with van der Waals surface area (Å²) in [6.07, 6.45) is 0.678. The van der Waals surface area contributed by atoms with Gasteiger partial charge in [-0.15, -0.1) is 0 Å². The van der Waals surface area contributed by atoms with Crippen LogP contribution >= 0.6 is 15.9 Å². The standard InChI is InChI=1S/C11H15BrN2O2/c1-11(2,3)14(10(15)16)9-5-4-8(6-12)7-13-9/h4-5,7H,6H2,1-3H3,(H,15,16). The molecule has 88 valence electrons. The lowest BCUT2D eigenvalue weighted by Crippen LogP contribution is -2.45. The smallest absolute Gasteiger partial charge is 0.413 e. The first-order valence-corrected chi connectivity index (χ1v) is 6.02. The number of hydrogen-bond donors (Lipinski definition) is 1. The molecule has 0 radical (unpaired) electrons. The molecule has 1 heterocycles. The molecule has 0 aliphatic carbocycles. The van der Waals surface area contributed by atoms with Crippen LogP contribution in [-0.4, -0.2) is 21.7 Å². The van der Waals surface area contributed by atoms with E-state index in [-0.39, 0.29) is 0 Å². The van der Waals surface area contributed by atoms with E-state index in [9.17, 15) is 4.79 Å². The third-order valence-electron chi connectivity index (χ3n) is 2.05. The van der Waals surface area contributed by atoms with Crippen LogP contribution in [0.2, 0.25) is 0 Å². The Balaban J connectivity index is 3.07. The van der Waals surface area contributed by atoms with Gasteiger partial charge in [0.15, 0.2) is 0 Å². The average Bonchev–Trinajstić information content (AvgIpc) is 2.16. The van der Waals surface area contributed by atoms with E-state index in [1.165, 1.54) is 4.90 Å². The first-order valence-electron chi connectivity index (χ1n) is 4.90. The number of aromatic nitrogens is 1. The molecule has 0 bridgehead atoms. The number of hydrogen-bond acceptors (Lipinski definition) is 2. The van der Waals surface area contributed by atoms with Crippen LogP contribution in [0.5, 0.6) is 0 Å². The summed E-state index contributed by atoms with van der Waals surface area (Å²) >= 11 is 3.32. The van der Waals surface area contributed by atoms with Gasteiger partial charge in [-0.2, -0.15) is 0 Å². The van der Waals surface area contributed by atoms with Crippen LogP contribution in [0, 0.1) is 0 Å². The summed E-state index contributed by atoms with van der Waals surface area (Å²) in [5.41, 5.74) is 0.511. The van der Waals surface area contributed by atoms with Crippen LogP contribution in [0.15, 0.2) is 18.3 Å². The van der Waals surface area contributed by atoms with Crippen LogP contribution in [0.25, 0.3) is 0 Å². The summed E-state index contributed by atoms with van der Waals surface area (Å²) in [7, 11) is 0. The minimum atomic E-state index is -0.994. The van der Waals surface area contributed by atoms with E-state index in [4.69, 9.17) is 5.11 Å². The molecule has 5 heteroatoms. The minimum absolute atomic E-state index is 0.449. The van der Waals surface area contributed by atoms with Gasteiger partial charge in [-0.05, 0) is 32.4 Å². The molecular formula is C11H15BrN2O2. The third-order valence-corrected chi connectivity index (χ3v) is 2.70. The molecule has 0 spiro atoms. The summed E-state index contributed by atoms with van der Waals surface area (Å²) in [6, 6.07) is 3.58. The summed E-state index contributed by atoms with van der Waals surface area (Å²) in [5.74, 6) is 0.449. The zero-order valence-corrected chi connectivity index (χ0v) is 11.2. The van der Waals surface area contributed by atoms with Crippen LogP contribution in [-0.2, 0) is 5.33 Å². The van der Waals surface area contributed by atoms with Gasteiger partial charge in [-0.3, -0.25) is 4.90 Å². The first-order chi connectivity index (χ1) is 7.36. The largest absolute Gasteiger partial charge is 0.465 e. The number of nitrogens with zero attached hydrogens (tertiary/aromatic N) is 2. The lowest BCUT2D eigenvalue weighted by molar-refractivity contribution is 0.195. The number of pyridine rings is 1. The SMILES string of the molecule is CC(C)(C)N(C(=O)O)c1ccc(CBr)cn1. The van der Waals surface area contributed by atoms with E-state index in [1.807, 2.05) is 26.8 Å². The zero-order chi connectivity index (χ0) is 12.3. The number of anilines is 1. The highest BCUT2D eigenvalue weighted by Gasteiger charge is 2.28. The second-order valence-electron chi connectivity index (χ2n) is 4.45. The second-order valence-corrected chi connectivity index (χ2v) is 5.01. The van der Waals surface area contributed by atoms with Gasteiger partial charge in [0.2, 0.25) is 0 Å². The van der Waals surface area contributed by atoms with Gasteiger partial charge in [0.1, 0.15) is 5.82 Å². The van der Waals surface area contributed by atoms with Crippen molar-refractivity contribution in [2.45, 2.75) is 31.6 Å². The Hall–Kier alpha value is -1.10. The van der Waals surface area contributed by atoms with E-state index < -0.39 is 11.6 Å². The fourth-order valence-corrected chi connectivity index (χ4v) is 1.69. The van der Waals surface area contributed by atoms with E-state index in [1.54, 1.807) is 12.3 Å². The summed E-state index contributed by atoms with van der Waals surface area (Å²) in [5, 5.41) is 9.88. The predicted octanol–water partition coefficient (Wildman–Crippen LogP) is 3.26. The van der Waals surface area contributed by atoms with Crippen LogP contribution < -0.4 is 4.90 Å². The molecule has 16 heavy (non-hydrogen) atoms. The van der Waals surface area contributed by atoms with E-state index >= 15 is 0 Å². The molecule has 0 saturated carbocycles. The molecule has 1 amide bonds. The molecule has 0 fully saturated rings. The van der Waals surface area contributed by atoms with Crippen molar-refractivity contribution in [3.05, 3.63) is 23.9 Å². The van der Waals surface area contributed by atoms with Gasteiger partial charge in [0, 0.05) is 17.1 Å². The molecule has 1 aromatic rings. The molecule has 4 nitrogen and oxygen atoms in total. The predicted molar refractivity (Wildman–Crippen MR) is 67.1 cm³/mol. The summed E-state index contributed by atoms with van der Waals surface area (Å²) < 4.78 is 0. The van der Waals surface area contributed by atoms with Crippen molar-refractivity contribution < 1.29 is 9.90 Å². The average molecular weight is 287 g/mol. The molecule has 0 aromatic carbocycles. The van der Waals surface area contributed by atoms with Crippen molar-refractivity contribution in [3.63, 3.8) is 0 Å². The fraction of sp³-hybridized carbons (Fsp3) is 0.455. The number of rotatable bonds is 2. The van der Waals surface area contributed by atoms with Crippen molar-refractivity contribution in [2.75, 3.05) is 4.90 Å². The molecule has 0 aliphatic rings. The summed E-state index contributed by atoms with van der Waals surface area (Å²) in [6.45, 7) is 5.50. The highest BCUT2D eigenvalue weighted by atomic mass is 79.9. The van der Waals surface area contributed by atoms with Gasteiger partial charge in [0.05, 0.1) is 0 Å². The van der Waals surface area contributed by atoms with Crippen molar-refractivity contribution in [3.8, 4) is 0 Å². The van der Waals surface area contributed by atoms with Gasteiger partial charge in [-0.1, -0.05) is 22.0 Å². The van der Waals surface area contributed by atoms with Crippen LogP contribution in [0.1, 0.15) is 26.3 Å². The number of alkyl halides is 1. The Morgan fingerprint density at radius 1 is 1.50 bits per heavy atom. The molecular weight excluding hydrogens is 272 g/mol. The van der Waals surface area contributed by atoms with E-state index in [0.717, 1.165) is 5.56 Å². The Labute approximate surface area is 103 Å². The maximum atomic E-state index is 11.2. The maximum absolute atomic E-state index is 11.2. The molecule has 1 N–H and O–H groups in total. The normalized spacial score (nSPS) is 11.2. The highest BCUT2D eigenvalue weighted by Crippen LogP contribution is 2.22. The molecule has 0 unspecified atom stereocenters. The monoisotopic (exact) mass is 286 g/mol. The molecule has 0 aliphatic heterocycles. The van der Waals surface area contributed by atoms with Crippen molar-refractivity contribution in [1.82, 2.24) is 4.98 Å². The van der Waals surface area contributed by atoms with Crippen molar-refractivity contribution in [2.24, 2.45) is 0 Å². The highest BCUT2D eigenvalue weighted by molar-refractivity contribution is 9.08. The molecule has 0 saturated heterocycles. The third kappa shape index (κ3) is 2.95. The van der Waals surface area contributed by atoms with Gasteiger partial charge < -0.3 is 5.11 Å². The van der Waals surface area contributed by atoms with E-state index in [2.05, 4.69) is 20.9 Å². The van der Waals surface area contributed by atoms with Gasteiger partial charge >= 0.3 is 6.09 Å². The first kappa shape index (κ1) is 13.0. The van der Waals surface area contributed by atoms with E-state index in [0.29, 0.717) is 11.1 Å². The Morgan fingerprint density at radius 2 is 2.12 bits per heavy atom. The molecule has 1 rings (SSSR count). The Kier molecular flexibility index (Phi) is 3.91. The number of amides is 1. The maximum Gasteiger partial charge on any atom is 0.413 e. The van der Waals surface area contributed by atoms with Crippen molar-refractivity contribution in [1.29, 1.82) is 0 Å². The molecule has 0 atom stereocenters. The number of halogens is 1. The van der Waals surface area contributed by atoms with Gasteiger partial charge in [0.25, 0.3) is 0 Å². The molecule has 1 aromatic heterocycles. The Bertz CT molecular complexity index is 371. The number of carbonyl (C=O) groups is 1. The van der Waals surface area contributed by atoms with Crippen LogP contribution in [0.4, 0.5) is 10.6 Å². The van der Waals surface area contributed by atoms with Gasteiger partial charge in [-0.25, -0.2) is 9.78 Å². The summed E-state index contributed by atoms with van der Waals surface area (Å²) in [4.78, 5) is 16.6. The minimum Gasteiger partial charge on any atom is -0.465 e. The van der Waals surface area contributed by atoms with Crippen molar-refractivity contribution >= 4 is 27.8 Å². The second kappa shape index (κ2) is 4.82. The fourth-order valence-electron chi connectivity index (χ4n) is 1.36. The lowest BCUT2D eigenvalue weighted by Gasteiger charge is -2.32. The lowest BCUT2D eigenvalue weighted by atomic mass is 10.1. The Morgan fingerprint density at radius 3 is 2.44 bits per heavy atom. The quantitative estimate of drug-likeness (QED) is 0.849.